The van der Waals surface area contributed by atoms with E-state index >= 15 is 0 Å². The SMILES string of the molecule is Cc1ccc(-n2nnnc2-c2ccc(N)c(F)c2)c(Cl)c1. The zero-order valence-electron chi connectivity index (χ0n) is 11.1. The summed E-state index contributed by atoms with van der Waals surface area (Å²) in [5, 5.41) is 12.0. The first-order chi connectivity index (χ1) is 10.1. The van der Waals surface area contributed by atoms with Gasteiger partial charge in [-0.3, -0.25) is 0 Å². The minimum Gasteiger partial charge on any atom is -0.396 e. The van der Waals surface area contributed by atoms with Crippen LogP contribution in [0.25, 0.3) is 17.1 Å². The minimum absolute atomic E-state index is 0.0751. The number of hydrogen-bond donors (Lipinski definition) is 1. The Morgan fingerprint density at radius 1 is 1.19 bits per heavy atom. The topological polar surface area (TPSA) is 69.6 Å². The standard InChI is InChI=1S/C14H11ClFN5/c1-8-2-5-13(10(15)6-8)21-14(18-19-20-21)9-3-4-12(17)11(16)7-9/h2-7H,17H2,1H3. The highest BCUT2D eigenvalue weighted by atomic mass is 35.5. The Kier molecular flexibility index (Phi) is 3.31. The van der Waals surface area contributed by atoms with Gasteiger partial charge < -0.3 is 5.73 Å². The summed E-state index contributed by atoms with van der Waals surface area (Å²) in [4.78, 5) is 0. The summed E-state index contributed by atoms with van der Waals surface area (Å²) >= 11 is 6.23. The van der Waals surface area contributed by atoms with Crippen molar-refractivity contribution in [1.82, 2.24) is 20.2 Å². The summed E-state index contributed by atoms with van der Waals surface area (Å²) in [7, 11) is 0. The molecule has 0 spiro atoms. The molecule has 5 nitrogen and oxygen atoms in total. The van der Waals surface area contributed by atoms with Gasteiger partial charge in [-0.2, -0.15) is 4.68 Å². The number of aromatic nitrogens is 4. The van der Waals surface area contributed by atoms with E-state index in [1.807, 2.05) is 25.1 Å². The Morgan fingerprint density at radius 3 is 2.71 bits per heavy atom. The quantitative estimate of drug-likeness (QED) is 0.739. The Bertz CT molecular complexity index is 815. The molecule has 0 aliphatic rings. The lowest BCUT2D eigenvalue weighted by Crippen LogP contribution is -2.01. The average Bonchev–Trinajstić information content (AvgIpc) is 2.91. The van der Waals surface area contributed by atoms with Crippen molar-refractivity contribution in [3.63, 3.8) is 0 Å². The van der Waals surface area contributed by atoms with Gasteiger partial charge in [0.2, 0.25) is 0 Å². The third-order valence-corrected chi connectivity index (χ3v) is 3.36. The number of tetrazole rings is 1. The van der Waals surface area contributed by atoms with Crippen molar-refractivity contribution in [2.75, 3.05) is 5.73 Å². The molecular weight excluding hydrogens is 293 g/mol. The number of hydrogen-bond acceptors (Lipinski definition) is 4. The fourth-order valence-electron chi connectivity index (χ4n) is 1.98. The number of anilines is 1. The Hall–Kier alpha value is -2.47. The van der Waals surface area contributed by atoms with Gasteiger partial charge in [-0.1, -0.05) is 17.7 Å². The van der Waals surface area contributed by atoms with Crippen LogP contribution in [-0.2, 0) is 0 Å². The van der Waals surface area contributed by atoms with E-state index in [0.29, 0.717) is 22.1 Å². The van der Waals surface area contributed by atoms with Crippen LogP contribution in [0.2, 0.25) is 5.02 Å². The molecule has 0 amide bonds. The molecule has 0 saturated heterocycles. The Labute approximate surface area is 125 Å². The Morgan fingerprint density at radius 2 is 2.00 bits per heavy atom. The van der Waals surface area contributed by atoms with Crippen LogP contribution < -0.4 is 5.73 Å². The Balaban J connectivity index is 2.14. The van der Waals surface area contributed by atoms with Gasteiger partial charge in [0.05, 0.1) is 16.4 Å². The fourth-order valence-corrected chi connectivity index (χ4v) is 2.29. The highest BCUT2D eigenvalue weighted by molar-refractivity contribution is 6.32. The maximum absolute atomic E-state index is 13.6. The summed E-state index contributed by atoms with van der Waals surface area (Å²) < 4.78 is 15.1. The molecule has 0 aliphatic heterocycles. The van der Waals surface area contributed by atoms with E-state index < -0.39 is 5.82 Å². The molecule has 0 radical (unpaired) electrons. The molecule has 3 aromatic rings. The van der Waals surface area contributed by atoms with E-state index in [1.165, 1.54) is 16.8 Å². The van der Waals surface area contributed by atoms with Crippen LogP contribution in [0.15, 0.2) is 36.4 Å². The second kappa shape index (κ2) is 5.14. The second-order valence-electron chi connectivity index (χ2n) is 4.61. The van der Waals surface area contributed by atoms with Crippen LogP contribution in [0.5, 0.6) is 0 Å². The monoisotopic (exact) mass is 303 g/mol. The van der Waals surface area contributed by atoms with Crippen molar-refractivity contribution in [3.05, 3.63) is 52.8 Å². The molecule has 2 aromatic carbocycles. The van der Waals surface area contributed by atoms with Gasteiger partial charge in [0.25, 0.3) is 0 Å². The van der Waals surface area contributed by atoms with Crippen molar-refractivity contribution >= 4 is 17.3 Å². The van der Waals surface area contributed by atoms with Crippen molar-refractivity contribution in [1.29, 1.82) is 0 Å². The number of benzene rings is 2. The second-order valence-corrected chi connectivity index (χ2v) is 5.01. The molecule has 1 heterocycles. The molecule has 0 bridgehead atoms. The number of nitrogens with zero attached hydrogens (tertiary/aromatic N) is 4. The van der Waals surface area contributed by atoms with E-state index in [-0.39, 0.29) is 5.69 Å². The molecule has 0 atom stereocenters. The number of aryl methyl sites for hydroxylation is 1. The number of halogens is 2. The highest BCUT2D eigenvalue weighted by Crippen LogP contribution is 2.26. The van der Waals surface area contributed by atoms with Crippen molar-refractivity contribution < 1.29 is 4.39 Å². The summed E-state index contributed by atoms with van der Waals surface area (Å²) in [6.45, 7) is 1.94. The van der Waals surface area contributed by atoms with Gasteiger partial charge in [0.1, 0.15) is 5.82 Å². The van der Waals surface area contributed by atoms with Gasteiger partial charge in [-0.25, -0.2) is 4.39 Å². The lowest BCUT2D eigenvalue weighted by molar-refractivity contribution is 0.632. The summed E-state index contributed by atoms with van der Waals surface area (Å²) in [6.07, 6.45) is 0. The van der Waals surface area contributed by atoms with Gasteiger partial charge >= 0.3 is 0 Å². The third kappa shape index (κ3) is 2.45. The van der Waals surface area contributed by atoms with Crippen molar-refractivity contribution in [3.8, 4) is 17.1 Å². The van der Waals surface area contributed by atoms with Crippen LogP contribution in [0, 0.1) is 12.7 Å². The zero-order valence-corrected chi connectivity index (χ0v) is 11.8. The van der Waals surface area contributed by atoms with Crippen LogP contribution in [-0.4, -0.2) is 20.2 Å². The summed E-state index contributed by atoms with van der Waals surface area (Å²) in [6, 6.07) is 9.94. The largest absolute Gasteiger partial charge is 0.396 e. The highest BCUT2D eigenvalue weighted by Gasteiger charge is 2.14. The van der Waals surface area contributed by atoms with E-state index in [2.05, 4.69) is 15.5 Å². The maximum atomic E-state index is 13.6. The predicted molar refractivity (Wildman–Crippen MR) is 78.7 cm³/mol. The molecule has 0 unspecified atom stereocenters. The molecule has 0 fully saturated rings. The molecule has 0 aliphatic carbocycles. The summed E-state index contributed by atoms with van der Waals surface area (Å²) in [5.74, 6) is -0.128. The molecule has 21 heavy (non-hydrogen) atoms. The first-order valence-corrected chi connectivity index (χ1v) is 6.54. The molecule has 1 aromatic heterocycles. The number of rotatable bonds is 2. The molecule has 0 saturated carbocycles. The molecule has 106 valence electrons. The molecule has 7 heteroatoms. The molecular formula is C14H11ClFN5. The predicted octanol–water partition coefficient (Wildman–Crippen LogP) is 3.01. The fraction of sp³-hybridized carbons (Fsp3) is 0.0714. The summed E-state index contributed by atoms with van der Waals surface area (Å²) in [5.41, 5.74) is 7.72. The first kappa shape index (κ1) is 13.5. The van der Waals surface area contributed by atoms with Gasteiger partial charge in [0.15, 0.2) is 5.82 Å². The number of nitrogens with two attached hydrogens (primary N) is 1. The van der Waals surface area contributed by atoms with E-state index in [4.69, 9.17) is 17.3 Å². The van der Waals surface area contributed by atoms with E-state index in [0.717, 1.165) is 5.56 Å². The number of nitrogen functional groups attached to an aromatic ring is 1. The maximum Gasteiger partial charge on any atom is 0.187 e. The average molecular weight is 304 g/mol. The van der Waals surface area contributed by atoms with Crippen molar-refractivity contribution in [2.24, 2.45) is 0 Å². The minimum atomic E-state index is -0.517. The van der Waals surface area contributed by atoms with Crippen LogP contribution in [0.3, 0.4) is 0 Å². The van der Waals surface area contributed by atoms with Crippen molar-refractivity contribution in [2.45, 2.75) is 6.92 Å². The van der Waals surface area contributed by atoms with Gasteiger partial charge in [-0.05, 0) is 53.2 Å². The van der Waals surface area contributed by atoms with Crippen LogP contribution >= 0.6 is 11.6 Å². The first-order valence-electron chi connectivity index (χ1n) is 6.16. The lowest BCUT2D eigenvalue weighted by Gasteiger charge is -2.08. The molecule has 2 N–H and O–H groups in total. The van der Waals surface area contributed by atoms with Crippen LogP contribution in [0.1, 0.15) is 5.56 Å². The smallest absolute Gasteiger partial charge is 0.187 e. The normalized spacial score (nSPS) is 10.8. The van der Waals surface area contributed by atoms with Gasteiger partial charge in [0, 0.05) is 5.56 Å². The van der Waals surface area contributed by atoms with Gasteiger partial charge in [-0.15, -0.1) is 5.10 Å². The van der Waals surface area contributed by atoms with E-state index in [1.54, 1.807) is 6.07 Å². The zero-order chi connectivity index (χ0) is 15.0. The van der Waals surface area contributed by atoms with Crippen LogP contribution in [0.4, 0.5) is 10.1 Å². The third-order valence-electron chi connectivity index (χ3n) is 3.06. The lowest BCUT2D eigenvalue weighted by atomic mass is 10.1. The van der Waals surface area contributed by atoms with E-state index in [9.17, 15) is 4.39 Å². The molecule has 3 rings (SSSR count).